The first-order valence-corrected chi connectivity index (χ1v) is 8.30. The van der Waals surface area contributed by atoms with E-state index >= 15 is 0 Å². The number of rotatable bonds is 6. The van der Waals surface area contributed by atoms with Crippen LogP contribution >= 0.6 is 0 Å². The normalized spacial score (nSPS) is 29.2. The minimum absolute atomic E-state index is 0.0205. The molecule has 0 spiro atoms. The first kappa shape index (κ1) is 14.1. The molecule has 1 aromatic rings. The van der Waals surface area contributed by atoms with E-state index in [1.807, 2.05) is 0 Å². The van der Waals surface area contributed by atoms with Gasteiger partial charge in [0.2, 0.25) is 0 Å². The van der Waals surface area contributed by atoms with Crippen LogP contribution in [0.15, 0.2) is 24.3 Å². The van der Waals surface area contributed by atoms with Gasteiger partial charge in [-0.2, -0.15) is 0 Å². The molecule has 0 heterocycles. The van der Waals surface area contributed by atoms with Crippen molar-refractivity contribution in [2.75, 3.05) is 13.1 Å². The lowest BCUT2D eigenvalue weighted by Crippen LogP contribution is -2.51. The highest BCUT2D eigenvalue weighted by Gasteiger charge is 2.36. The van der Waals surface area contributed by atoms with Gasteiger partial charge in [0, 0.05) is 6.54 Å². The average Bonchev–Trinajstić information content (AvgIpc) is 3.31. The molecule has 0 radical (unpaired) electrons. The quantitative estimate of drug-likeness (QED) is 0.778. The van der Waals surface area contributed by atoms with E-state index in [9.17, 15) is 0 Å². The fourth-order valence-corrected chi connectivity index (χ4v) is 3.71. The van der Waals surface area contributed by atoms with Crippen LogP contribution in [0, 0.1) is 5.92 Å². The summed E-state index contributed by atoms with van der Waals surface area (Å²) in [5, 5.41) is 3.82. The molecule has 2 aliphatic carbocycles. The third-order valence-electron chi connectivity index (χ3n) is 5.31. The third kappa shape index (κ3) is 2.77. The summed E-state index contributed by atoms with van der Waals surface area (Å²) >= 11 is 0. The Morgan fingerprint density at radius 3 is 2.80 bits per heavy atom. The highest BCUT2D eigenvalue weighted by molar-refractivity contribution is 5.39. The van der Waals surface area contributed by atoms with Gasteiger partial charge in [-0.3, -0.25) is 0 Å². The van der Waals surface area contributed by atoms with Crippen molar-refractivity contribution in [3.8, 4) is 0 Å². The Morgan fingerprint density at radius 2 is 2.05 bits per heavy atom. The molecule has 1 saturated carbocycles. The van der Waals surface area contributed by atoms with E-state index in [4.69, 9.17) is 5.73 Å². The summed E-state index contributed by atoms with van der Waals surface area (Å²) in [7, 11) is 0. The summed E-state index contributed by atoms with van der Waals surface area (Å²) in [6.07, 6.45) is 8.02. The van der Waals surface area contributed by atoms with Crippen LogP contribution in [0.5, 0.6) is 0 Å². The number of fused-ring (bicyclic) bond motifs is 1. The summed E-state index contributed by atoms with van der Waals surface area (Å²) in [4.78, 5) is 0. The minimum Gasteiger partial charge on any atom is -0.328 e. The molecule has 0 saturated heterocycles. The van der Waals surface area contributed by atoms with Gasteiger partial charge in [-0.25, -0.2) is 0 Å². The standard InChI is InChI=1S/C18H28N2/c1-14-10-11-18(13-19,17-7-3-2-6-16(14)17)20-12-4-5-15-8-9-15/h2-3,6-7,14-15,20H,4-5,8-13,19H2,1H3. The van der Waals surface area contributed by atoms with Gasteiger partial charge >= 0.3 is 0 Å². The lowest BCUT2D eigenvalue weighted by molar-refractivity contribution is 0.278. The second-order valence-corrected chi connectivity index (χ2v) is 6.83. The zero-order chi connectivity index (χ0) is 14.0. The van der Waals surface area contributed by atoms with Crippen molar-refractivity contribution in [1.82, 2.24) is 5.32 Å². The van der Waals surface area contributed by atoms with Gasteiger partial charge in [-0.05, 0) is 55.2 Å². The molecule has 20 heavy (non-hydrogen) atoms. The van der Waals surface area contributed by atoms with Gasteiger partial charge in [0.05, 0.1) is 5.54 Å². The smallest absolute Gasteiger partial charge is 0.0561 e. The maximum atomic E-state index is 6.19. The van der Waals surface area contributed by atoms with Crippen LogP contribution in [-0.2, 0) is 5.54 Å². The molecule has 3 rings (SSSR count). The molecule has 0 aromatic heterocycles. The summed E-state index contributed by atoms with van der Waals surface area (Å²) in [5.41, 5.74) is 9.16. The molecule has 0 aliphatic heterocycles. The van der Waals surface area contributed by atoms with Crippen molar-refractivity contribution in [2.24, 2.45) is 11.7 Å². The highest BCUT2D eigenvalue weighted by atomic mass is 15.0. The molecule has 2 unspecified atom stereocenters. The molecular weight excluding hydrogens is 244 g/mol. The van der Waals surface area contributed by atoms with E-state index in [1.54, 1.807) is 0 Å². The van der Waals surface area contributed by atoms with Gasteiger partial charge in [-0.15, -0.1) is 0 Å². The minimum atomic E-state index is 0.0205. The number of hydrogen-bond donors (Lipinski definition) is 2. The number of nitrogens with two attached hydrogens (primary N) is 1. The van der Waals surface area contributed by atoms with Crippen molar-refractivity contribution >= 4 is 0 Å². The number of hydrogen-bond acceptors (Lipinski definition) is 2. The van der Waals surface area contributed by atoms with Crippen LogP contribution in [0.3, 0.4) is 0 Å². The monoisotopic (exact) mass is 272 g/mol. The highest BCUT2D eigenvalue weighted by Crippen LogP contribution is 2.40. The Balaban J connectivity index is 1.72. The van der Waals surface area contributed by atoms with Crippen molar-refractivity contribution < 1.29 is 0 Å². The first-order chi connectivity index (χ1) is 9.75. The third-order valence-corrected chi connectivity index (χ3v) is 5.31. The van der Waals surface area contributed by atoms with Gasteiger partial charge in [0.25, 0.3) is 0 Å². The van der Waals surface area contributed by atoms with Crippen LogP contribution in [0.25, 0.3) is 0 Å². The van der Waals surface area contributed by atoms with Gasteiger partial charge in [0.1, 0.15) is 0 Å². The SMILES string of the molecule is CC1CCC(CN)(NCCCC2CC2)c2ccccc21. The molecular formula is C18H28N2. The maximum Gasteiger partial charge on any atom is 0.0561 e. The van der Waals surface area contributed by atoms with E-state index in [1.165, 1.54) is 49.7 Å². The molecule has 2 aliphatic rings. The Morgan fingerprint density at radius 1 is 1.25 bits per heavy atom. The Labute approximate surface area is 123 Å². The van der Waals surface area contributed by atoms with Gasteiger partial charge < -0.3 is 11.1 Å². The van der Waals surface area contributed by atoms with E-state index in [2.05, 4.69) is 36.5 Å². The molecule has 2 atom stereocenters. The fraction of sp³-hybridized carbons (Fsp3) is 0.667. The van der Waals surface area contributed by atoms with Crippen molar-refractivity contribution in [2.45, 2.75) is 56.9 Å². The van der Waals surface area contributed by atoms with E-state index in [0.717, 1.165) is 12.5 Å². The second-order valence-electron chi connectivity index (χ2n) is 6.83. The van der Waals surface area contributed by atoms with E-state index in [-0.39, 0.29) is 5.54 Å². The lowest BCUT2D eigenvalue weighted by Gasteiger charge is -2.41. The Bertz CT molecular complexity index is 452. The molecule has 110 valence electrons. The molecule has 0 bridgehead atoms. The zero-order valence-corrected chi connectivity index (χ0v) is 12.7. The maximum absolute atomic E-state index is 6.19. The van der Waals surface area contributed by atoms with Gasteiger partial charge in [-0.1, -0.05) is 44.0 Å². The molecule has 1 fully saturated rings. The summed E-state index contributed by atoms with van der Waals surface area (Å²) in [6.45, 7) is 4.16. The van der Waals surface area contributed by atoms with Crippen molar-refractivity contribution in [1.29, 1.82) is 0 Å². The predicted octanol–water partition coefficient (Wildman–Crippen LogP) is 3.52. The zero-order valence-electron chi connectivity index (χ0n) is 12.7. The molecule has 2 heteroatoms. The predicted molar refractivity (Wildman–Crippen MR) is 84.8 cm³/mol. The van der Waals surface area contributed by atoms with Crippen LogP contribution in [0.2, 0.25) is 0 Å². The first-order valence-electron chi connectivity index (χ1n) is 8.30. The topological polar surface area (TPSA) is 38.0 Å². The lowest BCUT2D eigenvalue weighted by atomic mass is 9.72. The Kier molecular flexibility index (Phi) is 4.13. The second kappa shape index (κ2) is 5.87. The number of nitrogens with one attached hydrogen (secondary N) is 1. The van der Waals surface area contributed by atoms with E-state index < -0.39 is 0 Å². The van der Waals surface area contributed by atoms with E-state index in [0.29, 0.717) is 12.5 Å². The summed E-state index contributed by atoms with van der Waals surface area (Å²) in [5.74, 6) is 1.70. The largest absolute Gasteiger partial charge is 0.328 e. The average molecular weight is 272 g/mol. The van der Waals surface area contributed by atoms with Crippen molar-refractivity contribution in [3.05, 3.63) is 35.4 Å². The van der Waals surface area contributed by atoms with Crippen LogP contribution < -0.4 is 11.1 Å². The molecule has 1 aromatic carbocycles. The van der Waals surface area contributed by atoms with Crippen LogP contribution in [-0.4, -0.2) is 13.1 Å². The van der Waals surface area contributed by atoms with Crippen LogP contribution in [0.4, 0.5) is 0 Å². The fourth-order valence-electron chi connectivity index (χ4n) is 3.71. The number of benzene rings is 1. The van der Waals surface area contributed by atoms with Gasteiger partial charge in [0.15, 0.2) is 0 Å². The molecule has 3 N–H and O–H groups in total. The molecule has 0 amide bonds. The summed E-state index contributed by atoms with van der Waals surface area (Å²) in [6, 6.07) is 8.89. The summed E-state index contributed by atoms with van der Waals surface area (Å²) < 4.78 is 0. The Hall–Kier alpha value is -0.860. The van der Waals surface area contributed by atoms with Crippen LogP contribution in [0.1, 0.15) is 62.5 Å². The van der Waals surface area contributed by atoms with Crippen molar-refractivity contribution in [3.63, 3.8) is 0 Å². The molecule has 2 nitrogen and oxygen atoms in total.